The SMILES string of the molecule is CC(C)c1ccc(C(=O)N2C[C@@H]3CC[C@H]2CN(C(=O)c2ccncc2)C3)cc1. The lowest BCUT2D eigenvalue weighted by Crippen LogP contribution is -2.47. The van der Waals surface area contributed by atoms with E-state index >= 15 is 0 Å². The van der Waals surface area contributed by atoms with Crippen LogP contribution in [-0.4, -0.2) is 52.3 Å². The lowest BCUT2D eigenvalue weighted by molar-refractivity contribution is 0.0574. The summed E-state index contributed by atoms with van der Waals surface area (Å²) in [6.45, 7) is 6.36. The molecule has 0 saturated carbocycles. The number of piperidine rings is 1. The van der Waals surface area contributed by atoms with Crippen molar-refractivity contribution in [3.63, 3.8) is 0 Å². The van der Waals surface area contributed by atoms with Crippen LogP contribution in [0.15, 0.2) is 48.8 Å². The van der Waals surface area contributed by atoms with Crippen molar-refractivity contribution in [3.05, 3.63) is 65.5 Å². The van der Waals surface area contributed by atoms with Gasteiger partial charge < -0.3 is 9.80 Å². The van der Waals surface area contributed by atoms with E-state index in [1.807, 2.05) is 34.1 Å². The van der Waals surface area contributed by atoms with Gasteiger partial charge in [-0.1, -0.05) is 26.0 Å². The van der Waals surface area contributed by atoms with Crippen LogP contribution in [0.25, 0.3) is 0 Å². The molecule has 3 saturated heterocycles. The molecule has 3 aliphatic rings. The Bertz CT molecular complexity index is 848. The van der Waals surface area contributed by atoms with Crippen molar-refractivity contribution in [1.29, 1.82) is 0 Å². The quantitative estimate of drug-likeness (QED) is 0.821. The molecule has 5 nitrogen and oxygen atoms in total. The van der Waals surface area contributed by atoms with Gasteiger partial charge in [-0.25, -0.2) is 0 Å². The predicted octanol–water partition coefficient (Wildman–Crippen LogP) is 3.58. The normalized spacial score (nSPS) is 21.7. The highest BCUT2D eigenvalue weighted by atomic mass is 16.2. The van der Waals surface area contributed by atoms with Crippen molar-refractivity contribution in [3.8, 4) is 0 Å². The van der Waals surface area contributed by atoms with Crippen LogP contribution in [0.2, 0.25) is 0 Å². The average molecular weight is 377 g/mol. The van der Waals surface area contributed by atoms with E-state index < -0.39 is 0 Å². The van der Waals surface area contributed by atoms with Gasteiger partial charge in [-0.05, 0) is 54.5 Å². The fourth-order valence-electron chi connectivity index (χ4n) is 4.35. The predicted molar refractivity (Wildman–Crippen MR) is 108 cm³/mol. The number of hydrogen-bond acceptors (Lipinski definition) is 3. The number of nitrogens with zero attached hydrogens (tertiary/aromatic N) is 3. The number of pyridine rings is 1. The minimum absolute atomic E-state index is 0.0369. The van der Waals surface area contributed by atoms with E-state index in [2.05, 4.69) is 18.8 Å². The molecule has 2 amide bonds. The van der Waals surface area contributed by atoms with Gasteiger partial charge in [-0.3, -0.25) is 14.6 Å². The number of hydrogen-bond donors (Lipinski definition) is 0. The molecule has 0 spiro atoms. The van der Waals surface area contributed by atoms with Crippen LogP contribution in [-0.2, 0) is 0 Å². The summed E-state index contributed by atoms with van der Waals surface area (Å²) >= 11 is 0. The van der Waals surface area contributed by atoms with Crippen LogP contribution >= 0.6 is 0 Å². The minimum atomic E-state index is 0.0369. The van der Waals surface area contributed by atoms with E-state index in [0.717, 1.165) is 24.9 Å². The number of amides is 2. The second kappa shape index (κ2) is 7.74. The van der Waals surface area contributed by atoms with E-state index in [1.165, 1.54) is 5.56 Å². The maximum atomic E-state index is 13.2. The van der Waals surface area contributed by atoms with Crippen molar-refractivity contribution in [1.82, 2.24) is 14.8 Å². The fourth-order valence-corrected chi connectivity index (χ4v) is 4.35. The molecule has 0 radical (unpaired) electrons. The van der Waals surface area contributed by atoms with Crippen molar-refractivity contribution in [2.45, 2.75) is 38.6 Å². The number of fused-ring (bicyclic) bond motifs is 4. The first-order valence-corrected chi connectivity index (χ1v) is 10.1. The van der Waals surface area contributed by atoms with Gasteiger partial charge >= 0.3 is 0 Å². The molecule has 0 aliphatic carbocycles. The molecular formula is C23H27N3O2. The van der Waals surface area contributed by atoms with Gasteiger partial charge in [0.2, 0.25) is 0 Å². The third kappa shape index (κ3) is 3.66. The number of aromatic nitrogens is 1. The Kier molecular flexibility index (Phi) is 5.16. The zero-order valence-electron chi connectivity index (χ0n) is 16.5. The minimum Gasteiger partial charge on any atom is -0.336 e. The number of rotatable bonds is 3. The molecule has 2 aromatic rings. The van der Waals surface area contributed by atoms with E-state index in [4.69, 9.17) is 0 Å². The molecule has 3 fully saturated rings. The zero-order valence-corrected chi connectivity index (χ0v) is 16.5. The molecule has 2 atom stereocenters. The maximum Gasteiger partial charge on any atom is 0.254 e. The molecule has 0 unspecified atom stereocenters. The molecular weight excluding hydrogens is 350 g/mol. The Morgan fingerprint density at radius 1 is 0.893 bits per heavy atom. The van der Waals surface area contributed by atoms with Gasteiger partial charge in [-0.15, -0.1) is 0 Å². The topological polar surface area (TPSA) is 53.5 Å². The summed E-state index contributed by atoms with van der Waals surface area (Å²) in [6.07, 6.45) is 5.33. The standard InChI is InChI=1S/C23H27N3O2/c1-16(2)18-4-6-19(7-5-18)23(28)26-14-17-3-8-21(26)15-25(13-17)22(27)20-9-11-24-12-10-20/h4-7,9-12,16-17,21H,3,8,13-15H2,1-2H3/t17-,21+/m1/s1. The zero-order chi connectivity index (χ0) is 19.7. The summed E-state index contributed by atoms with van der Waals surface area (Å²) in [5, 5.41) is 0. The monoisotopic (exact) mass is 377 g/mol. The largest absolute Gasteiger partial charge is 0.336 e. The number of benzene rings is 1. The van der Waals surface area contributed by atoms with Crippen LogP contribution < -0.4 is 0 Å². The Morgan fingerprint density at radius 2 is 1.57 bits per heavy atom. The molecule has 2 bridgehead atoms. The fraction of sp³-hybridized carbons (Fsp3) is 0.435. The summed E-state index contributed by atoms with van der Waals surface area (Å²) in [6, 6.07) is 11.6. The second-order valence-electron chi connectivity index (χ2n) is 8.28. The summed E-state index contributed by atoms with van der Waals surface area (Å²) in [5.41, 5.74) is 2.64. The van der Waals surface area contributed by atoms with Crippen LogP contribution in [0.4, 0.5) is 0 Å². The third-order valence-corrected chi connectivity index (χ3v) is 6.01. The summed E-state index contributed by atoms with van der Waals surface area (Å²) < 4.78 is 0. The van der Waals surface area contributed by atoms with Gasteiger partial charge in [0, 0.05) is 49.2 Å². The maximum absolute atomic E-state index is 13.2. The van der Waals surface area contributed by atoms with Gasteiger partial charge in [0.25, 0.3) is 11.8 Å². The molecule has 1 aromatic heterocycles. The first-order valence-electron chi connectivity index (χ1n) is 10.1. The molecule has 4 heterocycles. The molecule has 146 valence electrons. The molecule has 3 aliphatic heterocycles. The van der Waals surface area contributed by atoms with Gasteiger partial charge in [-0.2, -0.15) is 0 Å². The average Bonchev–Trinajstić information content (AvgIpc) is 3.05. The van der Waals surface area contributed by atoms with Crippen molar-refractivity contribution in [2.75, 3.05) is 19.6 Å². The summed E-state index contributed by atoms with van der Waals surface area (Å²) in [5.74, 6) is 0.910. The Morgan fingerprint density at radius 3 is 2.25 bits per heavy atom. The number of carbonyl (C=O) groups is 2. The van der Waals surface area contributed by atoms with Crippen molar-refractivity contribution < 1.29 is 9.59 Å². The van der Waals surface area contributed by atoms with Crippen LogP contribution in [0.3, 0.4) is 0 Å². The van der Waals surface area contributed by atoms with Gasteiger partial charge in [0.1, 0.15) is 0 Å². The second-order valence-corrected chi connectivity index (χ2v) is 8.28. The van der Waals surface area contributed by atoms with Gasteiger partial charge in [0.15, 0.2) is 0 Å². The highest BCUT2D eigenvalue weighted by Gasteiger charge is 2.39. The first-order chi connectivity index (χ1) is 13.5. The van der Waals surface area contributed by atoms with Crippen molar-refractivity contribution in [2.24, 2.45) is 5.92 Å². The Balaban J connectivity index is 1.52. The van der Waals surface area contributed by atoms with Gasteiger partial charge in [0.05, 0.1) is 0 Å². The summed E-state index contributed by atoms with van der Waals surface area (Å²) in [4.78, 5) is 34.0. The molecule has 28 heavy (non-hydrogen) atoms. The van der Waals surface area contributed by atoms with E-state index in [9.17, 15) is 9.59 Å². The van der Waals surface area contributed by atoms with Crippen LogP contribution in [0, 0.1) is 5.92 Å². The van der Waals surface area contributed by atoms with E-state index in [0.29, 0.717) is 30.5 Å². The lowest BCUT2D eigenvalue weighted by Gasteiger charge is -2.36. The summed E-state index contributed by atoms with van der Waals surface area (Å²) in [7, 11) is 0. The third-order valence-electron chi connectivity index (χ3n) is 6.01. The van der Waals surface area contributed by atoms with Crippen LogP contribution in [0.1, 0.15) is 58.9 Å². The van der Waals surface area contributed by atoms with E-state index in [1.54, 1.807) is 24.5 Å². The Hall–Kier alpha value is -2.69. The number of carbonyl (C=O) groups excluding carboxylic acids is 2. The highest BCUT2D eigenvalue weighted by Crippen LogP contribution is 2.30. The Labute approximate surface area is 166 Å². The smallest absolute Gasteiger partial charge is 0.254 e. The highest BCUT2D eigenvalue weighted by molar-refractivity contribution is 5.95. The first kappa shape index (κ1) is 18.7. The molecule has 1 aromatic carbocycles. The molecule has 5 heteroatoms. The van der Waals surface area contributed by atoms with Crippen molar-refractivity contribution >= 4 is 11.8 Å². The lowest BCUT2D eigenvalue weighted by atomic mass is 9.94. The molecule has 0 N–H and O–H groups in total. The van der Waals surface area contributed by atoms with Crippen LogP contribution in [0.5, 0.6) is 0 Å². The molecule has 5 rings (SSSR count). The van der Waals surface area contributed by atoms with E-state index in [-0.39, 0.29) is 17.9 Å².